The molecule has 0 bridgehead atoms. The van der Waals surface area contributed by atoms with Gasteiger partial charge in [0, 0.05) is 20.3 Å². The first kappa shape index (κ1) is 12.5. The molecule has 88 valence electrons. The summed E-state index contributed by atoms with van der Waals surface area (Å²) in [6.45, 7) is 4.64. The van der Waals surface area contributed by atoms with Crippen LogP contribution in [0.5, 0.6) is 0 Å². The van der Waals surface area contributed by atoms with Gasteiger partial charge < -0.3 is 15.4 Å². The normalized spacial score (nSPS) is 26.3. The molecule has 0 spiro atoms. The zero-order valence-corrected chi connectivity index (χ0v) is 9.71. The van der Waals surface area contributed by atoms with E-state index in [9.17, 15) is 4.79 Å². The fraction of sp³-hybridized carbons (Fsp3) is 0.909. The average molecular weight is 214 g/mol. The molecule has 0 aliphatic carbocycles. The van der Waals surface area contributed by atoms with Crippen LogP contribution in [-0.4, -0.2) is 38.8 Å². The third kappa shape index (κ3) is 4.18. The van der Waals surface area contributed by atoms with Crippen molar-refractivity contribution in [2.75, 3.05) is 26.8 Å². The Kier molecular flexibility index (Phi) is 5.65. The first-order chi connectivity index (χ1) is 7.27. The van der Waals surface area contributed by atoms with Gasteiger partial charge in [0.2, 0.25) is 5.91 Å². The zero-order valence-electron chi connectivity index (χ0n) is 9.71. The molecule has 2 atom stereocenters. The van der Waals surface area contributed by atoms with E-state index in [0.717, 1.165) is 39.0 Å². The number of amides is 1. The molecule has 4 nitrogen and oxygen atoms in total. The summed E-state index contributed by atoms with van der Waals surface area (Å²) < 4.78 is 5.52. The van der Waals surface area contributed by atoms with Crippen LogP contribution in [0, 0.1) is 5.92 Å². The Bertz CT molecular complexity index is 197. The molecule has 1 fully saturated rings. The number of likely N-dealkylation sites (N-methyl/N-ethyl adjacent to an activating group) is 1. The first-order valence-corrected chi connectivity index (χ1v) is 5.80. The summed E-state index contributed by atoms with van der Waals surface area (Å²) in [4.78, 5) is 11.4. The van der Waals surface area contributed by atoms with Gasteiger partial charge in [-0.15, -0.1) is 0 Å². The molecule has 0 saturated carbocycles. The van der Waals surface area contributed by atoms with Crippen molar-refractivity contribution >= 4 is 5.91 Å². The maximum Gasteiger partial charge on any atom is 0.236 e. The molecule has 1 amide bonds. The minimum Gasteiger partial charge on any atom is -0.381 e. The number of nitrogens with one attached hydrogen (secondary N) is 2. The monoisotopic (exact) mass is 214 g/mol. The Hall–Kier alpha value is -0.610. The molecule has 2 unspecified atom stereocenters. The molecule has 0 aromatic rings. The van der Waals surface area contributed by atoms with Gasteiger partial charge in [-0.05, 0) is 31.7 Å². The Morgan fingerprint density at radius 1 is 1.60 bits per heavy atom. The summed E-state index contributed by atoms with van der Waals surface area (Å²) in [6.07, 6.45) is 3.06. The fourth-order valence-corrected chi connectivity index (χ4v) is 1.92. The van der Waals surface area contributed by atoms with E-state index in [0.29, 0.717) is 5.92 Å². The summed E-state index contributed by atoms with van der Waals surface area (Å²) in [5.41, 5.74) is 0. The number of piperidine rings is 1. The van der Waals surface area contributed by atoms with Gasteiger partial charge in [0.05, 0.1) is 6.04 Å². The summed E-state index contributed by atoms with van der Waals surface area (Å²) in [5.74, 6) is 0.621. The van der Waals surface area contributed by atoms with Crippen molar-refractivity contribution < 1.29 is 9.53 Å². The van der Waals surface area contributed by atoms with E-state index in [1.807, 2.05) is 0 Å². The SMILES string of the molecule is CCCOCC1CCNC(C(=O)NC)C1. The highest BCUT2D eigenvalue weighted by Gasteiger charge is 2.25. The molecule has 0 radical (unpaired) electrons. The molecule has 1 rings (SSSR count). The lowest BCUT2D eigenvalue weighted by atomic mass is 9.93. The van der Waals surface area contributed by atoms with Gasteiger partial charge in [-0.1, -0.05) is 6.92 Å². The molecule has 1 saturated heterocycles. The predicted octanol–water partition coefficient (Wildman–Crippen LogP) is 0.527. The highest BCUT2D eigenvalue weighted by atomic mass is 16.5. The second kappa shape index (κ2) is 6.80. The van der Waals surface area contributed by atoms with Crippen molar-refractivity contribution in [1.29, 1.82) is 0 Å². The van der Waals surface area contributed by atoms with Gasteiger partial charge in [-0.3, -0.25) is 4.79 Å². The summed E-state index contributed by atoms with van der Waals surface area (Å²) in [6, 6.07) is -0.0287. The Balaban J connectivity index is 2.26. The molecule has 1 heterocycles. The van der Waals surface area contributed by atoms with Crippen LogP contribution in [0.15, 0.2) is 0 Å². The number of hydrogen-bond donors (Lipinski definition) is 2. The van der Waals surface area contributed by atoms with E-state index in [1.165, 1.54) is 0 Å². The van der Waals surface area contributed by atoms with Crippen LogP contribution in [0.3, 0.4) is 0 Å². The van der Waals surface area contributed by atoms with Gasteiger partial charge in [0.25, 0.3) is 0 Å². The van der Waals surface area contributed by atoms with E-state index < -0.39 is 0 Å². The van der Waals surface area contributed by atoms with E-state index in [1.54, 1.807) is 7.05 Å². The third-order valence-electron chi connectivity index (χ3n) is 2.78. The summed E-state index contributed by atoms with van der Waals surface area (Å²) in [7, 11) is 1.68. The third-order valence-corrected chi connectivity index (χ3v) is 2.78. The van der Waals surface area contributed by atoms with Crippen LogP contribution in [-0.2, 0) is 9.53 Å². The minimum absolute atomic E-state index is 0.0287. The van der Waals surface area contributed by atoms with Crippen molar-refractivity contribution in [3.05, 3.63) is 0 Å². The molecule has 15 heavy (non-hydrogen) atoms. The van der Waals surface area contributed by atoms with Crippen LogP contribution in [0.4, 0.5) is 0 Å². The molecule has 2 N–H and O–H groups in total. The van der Waals surface area contributed by atoms with Crippen molar-refractivity contribution in [2.24, 2.45) is 5.92 Å². The van der Waals surface area contributed by atoms with Crippen LogP contribution < -0.4 is 10.6 Å². The second-order valence-corrected chi connectivity index (χ2v) is 4.09. The number of carbonyl (C=O) groups excluding carboxylic acids is 1. The van der Waals surface area contributed by atoms with Crippen LogP contribution >= 0.6 is 0 Å². The molecular formula is C11H22N2O2. The van der Waals surface area contributed by atoms with Crippen molar-refractivity contribution in [3.8, 4) is 0 Å². The number of hydrogen-bond acceptors (Lipinski definition) is 3. The van der Waals surface area contributed by atoms with Crippen LogP contribution in [0.25, 0.3) is 0 Å². The largest absolute Gasteiger partial charge is 0.381 e. The highest BCUT2D eigenvalue weighted by molar-refractivity contribution is 5.81. The predicted molar refractivity (Wildman–Crippen MR) is 59.7 cm³/mol. The lowest BCUT2D eigenvalue weighted by molar-refractivity contribution is -0.123. The Morgan fingerprint density at radius 2 is 2.40 bits per heavy atom. The maximum atomic E-state index is 11.4. The second-order valence-electron chi connectivity index (χ2n) is 4.09. The van der Waals surface area contributed by atoms with Crippen molar-refractivity contribution in [2.45, 2.75) is 32.2 Å². The molecule has 1 aliphatic rings. The standard InChI is InChI=1S/C11H22N2O2/c1-3-6-15-8-9-4-5-13-10(7-9)11(14)12-2/h9-10,13H,3-8H2,1-2H3,(H,12,14). The van der Waals surface area contributed by atoms with E-state index >= 15 is 0 Å². The van der Waals surface area contributed by atoms with Crippen LogP contribution in [0.1, 0.15) is 26.2 Å². The number of ether oxygens (including phenoxy) is 1. The van der Waals surface area contributed by atoms with Gasteiger partial charge in [-0.25, -0.2) is 0 Å². The molecule has 1 aliphatic heterocycles. The van der Waals surface area contributed by atoms with Gasteiger partial charge >= 0.3 is 0 Å². The van der Waals surface area contributed by atoms with Gasteiger partial charge in [0.1, 0.15) is 0 Å². The van der Waals surface area contributed by atoms with Crippen molar-refractivity contribution in [3.63, 3.8) is 0 Å². The summed E-state index contributed by atoms with van der Waals surface area (Å²) >= 11 is 0. The molecule has 0 aromatic heterocycles. The molecule has 0 aromatic carbocycles. The molecule has 4 heteroatoms. The highest BCUT2D eigenvalue weighted by Crippen LogP contribution is 2.16. The average Bonchev–Trinajstić information content (AvgIpc) is 2.29. The van der Waals surface area contributed by atoms with Crippen LogP contribution in [0.2, 0.25) is 0 Å². The topological polar surface area (TPSA) is 50.4 Å². The van der Waals surface area contributed by atoms with Gasteiger partial charge in [0.15, 0.2) is 0 Å². The maximum absolute atomic E-state index is 11.4. The Labute approximate surface area is 91.8 Å². The van der Waals surface area contributed by atoms with E-state index in [-0.39, 0.29) is 11.9 Å². The van der Waals surface area contributed by atoms with Crippen molar-refractivity contribution in [1.82, 2.24) is 10.6 Å². The smallest absolute Gasteiger partial charge is 0.236 e. The first-order valence-electron chi connectivity index (χ1n) is 5.80. The minimum atomic E-state index is -0.0287. The number of rotatable bonds is 5. The van der Waals surface area contributed by atoms with Gasteiger partial charge in [-0.2, -0.15) is 0 Å². The van der Waals surface area contributed by atoms with E-state index in [2.05, 4.69) is 17.6 Å². The quantitative estimate of drug-likeness (QED) is 0.656. The fourth-order valence-electron chi connectivity index (χ4n) is 1.92. The zero-order chi connectivity index (χ0) is 11.1. The summed E-state index contributed by atoms with van der Waals surface area (Å²) in [5, 5.41) is 5.90. The molecular weight excluding hydrogens is 192 g/mol. The Morgan fingerprint density at radius 3 is 3.07 bits per heavy atom. The van der Waals surface area contributed by atoms with E-state index in [4.69, 9.17) is 4.74 Å². The lowest BCUT2D eigenvalue weighted by Gasteiger charge is -2.28. The number of carbonyl (C=O) groups is 1. The lowest BCUT2D eigenvalue weighted by Crippen LogP contribution is -2.48.